The van der Waals surface area contributed by atoms with Crippen LogP contribution in [0.15, 0.2) is 23.2 Å². The van der Waals surface area contributed by atoms with E-state index in [4.69, 9.17) is 14.2 Å². The highest BCUT2D eigenvalue weighted by atomic mass is 127. The Morgan fingerprint density at radius 2 is 2.07 bits per heavy atom. The molecule has 7 nitrogen and oxygen atoms in total. The molecule has 1 fully saturated rings. The zero-order valence-electron chi connectivity index (χ0n) is 15.8. The Hall–Kier alpha value is -1.26. The summed E-state index contributed by atoms with van der Waals surface area (Å²) in [7, 11) is 1.75. The Morgan fingerprint density at radius 3 is 2.81 bits per heavy atom. The quantitative estimate of drug-likeness (QED) is 0.321. The highest BCUT2D eigenvalue weighted by Gasteiger charge is 2.34. The van der Waals surface area contributed by atoms with Gasteiger partial charge in [-0.1, -0.05) is 12.1 Å². The number of fused-ring (bicyclic) bond motifs is 1. The second-order valence-electron chi connectivity index (χ2n) is 6.85. The Balaban J connectivity index is 0.00000261. The number of hydrogen-bond acceptors (Lipinski definition) is 5. The molecule has 2 heterocycles. The van der Waals surface area contributed by atoms with E-state index in [0.29, 0.717) is 26.4 Å². The van der Waals surface area contributed by atoms with E-state index in [9.17, 15) is 5.11 Å². The van der Waals surface area contributed by atoms with Crippen molar-refractivity contribution >= 4 is 29.9 Å². The summed E-state index contributed by atoms with van der Waals surface area (Å²) in [5.74, 6) is 2.34. The molecule has 1 atom stereocenters. The van der Waals surface area contributed by atoms with E-state index in [1.807, 2.05) is 18.2 Å². The average Bonchev–Trinajstić information content (AvgIpc) is 2.98. The summed E-state index contributed by atoms with van der Waals surface area (Å²) in [5.41, 5.74) is 1.02. The predicted octanol–water partition coefficient (Wildman–Crippen LogP) is 1.92. The minimum Gasteiger partial charge on any atom is -0.490 e. The predicted molar refractivity (Wildman–Crippen MR) is 115 cm³/mol. The number of guanidine groups is 1. The zero-order valence-corrected chi connectivity index (χ0v) is 18.2. The lowest BCUT2D eigenvalue weighted by Crippen LogP contribution is -2.44. The smallest absolute Gasteiger partial charge is 0.191 e. The van der Waals surface area contributed by atoms with Gasteiger partial charge < -0.3 is 30.0 Å². The first-order chi connectivity index (χ1) is 12.8. The van der Waals surface area contributed by atoms with Gasteiger partial charge in [-0.3, -0.25) is 4.99 Å². The summed E-state index contributed by atoms with van der Waals surface area (Å²) in [4.78, 5) is 4.30. The lowest BCUT2D eigenvalue weighted by atomic mass is 9.84. The number of aliphatic imine (C=N–C) groups is 1. The number of benzene rings is 1. The average molecular weight is 491 g/mol. The zero-order chi connectivity index (χ0) is 18.2. The number of ether oxygens (including phenoxy) is 3. The molecule has 0 aromatic heterocycles. The highest BCUT2D eigenvalue weighted by Crippen LogP contribution is 2.33. The van der Waals surface area contributed by atoms with Gasteiger partial charge in [0.25, 0.3) is 0 Å². The van der Waals surface area contributed by atoms with E-state index in [0.717, 1.165) is 55.4 Å². The fraction of sp³-hybridized carbons (Fsp3) is 0.632. The normalized spacial score (nSPS) is 21.9. The van der Waals surface area contributed by atoms with Crippen molar-refractivity contribution in [2.75, 3.05) is 46.6 Å². The van der Waals surface area contributed by atoms with E-state index in [2.05, 4.69) is 15.6 Å². The Bertz CT molecular complexity index is 621. The van der Waals surface area contributed by atoms with Gasteiger partial charge in [0.1, 0.15) is 0 Å². The first kappa shape index (κ1) is 22.0. The van der Waals surface area contributed by atoms with E-state index in [-0.39, 0.29) is 36.0 Å². The fourth-order valence-electron chi connectivity index (χ4n) is 3.38. The Labute approximate surface area is 177 Å². The molecular weight excluding hydrogens is 461 g/mol. The summed E-state index contributed by atoms with van der Waals surface area (Å²) in [6.45, 7) is 4.26. The molecule has 0 amide bonds. The van der Waals surface area contributed by atoms with Crippen LogP contribution in [0.3, 0.4) is 0 Å². The number of para-hydroxylation sites is 1. The van der Waals surface area contributed by atoms with Gasteiger partial charge >= 0.3 is 0 Å². The third-order valence-corrected chi connectivity index (χ3v) is 4.98. The van der Waals surface area contributed by atoms with Crippen molar-refractivity contribution < 1.29 is 19.3 Å². The van der Waals surface area contributed by atoms with Crippen molar-refractivity contribution in [2.45, 2.75) is 25.8 Å². The SMILES string of the molecule is CN=C(NCc1cccc2c1OCCCO2)NCC1(CCO)CCOC1.I. The number of halogens is 1. The first-order valence-electron chi connectivity index (χ1n) is 9.27. The summed E-state index contributed by atoms with van der Waals surface area (Å²) in [6, 6.07) is 5.95. The molecule has 8 heteroatoms. The molecule has 27 heavy (non-hydrogen) atoms. The minimum atomic E-state index is -0.0207. The van der Waals surface area contributed by atoms with E-state index >= 15 is 0 Å². The van der Waals surface area contributed by atoms with Gasteiger partial charge in [0.15, 0.2) is 17.5 Å². The van der Waals surface area contributed by atoms with Crippen molar-refractivity contribution in [3.63, 3.8) is 0 Å². The van der Waals surface area contributed by atoms with Crippen LogP contribution < -0.4 is 20.1 Å². The first-order valence-corrected chi connectivity index (χ1v) is 9.27. The van der Waals surface area contributed by atoms with Gasteiger partial charge in [-0.15, -0.1) is 24.0 Å². The van der Waals surface area contributed by atoms with Gasteiger partial charge in [-0.25, -0.2) is 0 Å². The monoisotopic (exact) mass is 491 g/mol. The van der Waals surface area contributed by atoms with Crippen LogP contribution in [0.5, 0.6) is 11.5 Å². The number of nitrogens with one attached hydrogen (secondary N) is 2. The highest BCUT2D eigenvalue weighted by molar-refractivity contribution is 14.0. The van der Waals surface area contributed by atoms with E-state index in [1.54, 1.807) is 7.05 Å². The molecule has 2 aliphatic rings. The van der Waals surface area contributed by atoms with Crippen molar-refractivity contribution in [1.29, 1.82) is 0 Å². The lowest BCUT2D eigenvalue weighted by Gasteiger charge is -2.27. The summed E-state index contributed by atoms with van der Waals surface area (Å²) in [5, 5.41) is 16.1. The molecule has 1 unspecified atom stereocenters. The molecule has 0 aliphatic carbocycles. The second-order valence-corrected chi connectivity index (χ2v) is 6.85. The molecule has 1 aromatic rings. The van der Waals surface area contributed by atoms with Crippen LogP contribution in [0.2, 0.25) is 0 Å². The van der Waals surface area contributed by atoms with Crippen molar-refractivity contribution in [2.24, 2.45) is 10.4 Å². The van der Waals surface area contributed by atoms with Crippen LogP contribution in [0.4, 0.5) is 0 Å². The maximum atomic E-state index is 9.35. The van der Waals surface area contributed by atoms with Gasteiger partial charge in [0.2, 0.25) is 0 Å². The van der Waals surface area contributed by atoms with Crippen LogP contribution >= 0.6 is 24.0 Å². The number of hydrogen-bond donors (Lipinski definition) is 3. The lowest BCUT2D eigenvalue weighted by molar-refractivity contribution is 0.127. The van der Waals surface area contributed by atoms with Crippen LogP contribution in [-0.2, 0) is 11.3 Å². The van der Waals surface area contributed by atoms with Crippen LogP contribution in [0, 0.1) is 5.41 Å². The van der Waals surface area contributed by atoms with Crippen LogP contribution in [0.25, 0.3) is 0 Å². The number of rotatable bonds is 6. The van der Waals surface area contributed by atoms with Crippen molar-refractivity contribution in [1.82, 2.24) is 10.6 Å². The van der Waals surface area contributed by atoms with Gasteiger partial charge in [0, 0.05) is 50.8 Å². The largest absolute Gasteiger partial charge is 0.490 e. The van der Waals surface area contributed by atoms with Crippen molar-refractivity contribution in [3.8, 4) is 11.5 Å². The molecule has 0 spiro atoms. The summed E-state index contributed by atoms with van der Waals surface area (Å²) in [6.07, 6.45) is 2.57. The summed E-state index contributed by atoms with van der Waals surface area (Å²) >= 11 is 0. The standard InChI is InChI=1S/C19H29N3O4.HI/c1-20-18(22-13-19(6-8-23)7-11-24-14-19)21-12-15-4-2-5-16-17(15)26-10-3-9-25-16;/h2,4-5,23H,3,6-14H2,1H3,(H2,20,21,22);1H. The van der Waals surface area contributed by atoms with Gasteiger partial charge in [0.05, 0.1) is 19.8 Å². The molecule has 2 aliphatic heterocycles. The second kappa shape index (κ2) is 10.9. The number of nitrogens with zero attached hydrogens (tertiary/aromatic N) is 1. The molecule has 0 saturated carbocycles. The number of aliphatic hydroxyl groups excluding tert-OH is 1. The van der Waals surface area contributed by atoms with Crippen LogP contribution in [0.1, 0.15) is 24.8 Å². The maximum absolute atomic E-state index is 9.35. The van der Waals surface area contributed by atoms with Gasteiger partial charge in [-0.05, 0) is 18.9 Å². The van der Waals surface area contributed by atoms with Crippen molar-refractivity contribution in [3.05, 3.63) is 23.8 Å². The molecule has 3 rings (SSSR count). The maximum Gasteiger partial charge on any atom is 0.191 e. The topological polar surface area (TPSA) is 84.3 Å². The molecular formula is C19H30IN3O4. The third kappa shape index (κ3) is 5.86. The van der Waals surface area contributed by atoms with E-state index < -0.39 is 0 Å². The van der Waals surface area contributed by atoms with Crippen LogP contribution in [-0.4, -0.2) is 57.7 Å². The Morgan fingerprint density at radius 1 is 1.22 bits per heavy atom. The molecule has 0 radical (unpaired) electrons. The number of aliphatic hydroxyl groups is 1. The molecule has 0 bridgehead atoms. The molecule has 3 N–H and O–H groups in total. The molecule has 1 saturated heterocycles. The Kier molecular flexibility index (Phi) is 8.91. The molecule has 152 valence electrons. The molecule has 1 aromatic carbocycles. The summed E-state index contributed by atoms with van der Waals surface area (Å²) < 4.78 is 17.1. The minimum absolute atomic E-state index is 0. The van der Waals surface area contributed by atoms with Gasteiger partial charge in [-0.2, -0.15) is 0 Å². The fourth-order valence-corrected chi connectivity index (χ4v) is 3.38. The van der Waals surface area contributed by atoms with E-state index in [1.165, 1.54) is 0 Å². The third-order valence-electron chi connectivity index (χ3n) is 4.98.